The van der Waals surface area contributed by atoms with Crippen LogP contribution in [0.15, 0.2) is 24.3 Å². The molecule has 18 heavy (non-hydrogen) atoms. The maximum absolute atomic E-state index is 5.59. The quantitative estimate of drug-likeness (QED) is 0.880. The van der Waals surface area contributed by atoms with E-state index in [4.69, 9.17) is 4.74 Å². The van der Waals surface area contributed by atoms with E-state index in [0.29, 0.717) is 12.1 Å². The van der Waals surface area contributed by atoms with Gasteiger partial charge in [0.05, 0.1) is 25.3 Å². The highest BCUT2D eigenvalue weighted by atomic mass is 16.5. The van der Waals surface area contributed by atoms with Crippen LogP contribution in [0, 0.1) is 0 Å². The van der Waals surface area contributed by atoms with E-state index in [0.717, 1.165) is 26.2 Å². The van der Waals surface area contributed by atoms with E-state index in [2.05, 4.69) is 55.5 Å². The Kier molecular flexibility index (Phi) is 4.75. The molecule has 3 heteroatoms. The molecule has 1 fully saturated rings. The summed E-state index contributed by atoms with van der Waals surface area (Å²) in [6.45, 7) is 4.75. The van der Waals surface area contributed by atoms with E-state index < -0.39 is 0 Å². The highest BCUT2D eigenvalue weighted by Gasteiger charge is 2.26. The third-order valence-electron chi connectivity index (χ3n) is 3.62. The van der Waals surface area contributed by atoms with Crippen LogP contribution in [-0.2, 0) is 11.2 Å². The molecule has 0 aliphatic carbocycles. The van der Waals surface area contributed by atoms with Crippen molar-refractivity contribution in [3.8, 4) is 0 Å². The second-order valence-corrected chi connectivity index (χ2v) is 5.14. The number of nitrogens with zero attached hydrogens (tertiary/aromatic N) is 1. The molecule has 0 radical (unpaired) electrons. The Labute approximate surface area is 110 Å². The maximum atomic E-state index is 5.59. The van der Waals surface area contributed by atoms with Crippen molar-refractivity contribution in [2.45, 2.75) is 25.4 Å². The number of nitrogens with one attached hydrogen (secondary N) is 1. The first kappa shape index (κ1) is 13.5. The van der Waals surface area contributed by atoms with Gasteiger partial charge in [-0.15, -0.1) is 0 Å². The lowest BCUT2D eigenvalue weighted by Crippen LogP contribution is -2.48. The van der Waals surface area contributed by atoms with Gasteiger partial charge < -0.3 is 15.0 Å². The van der Waals surface area contributed by atoms with E-state index in [9.17, 15) is 0 Å². The van der Waals surface area contributed by atoms with E-state index >= 15 is 0 Å². The monoisotopic (exact) mass is 248 g/mol. The van der Waals surface area contributed by atoms with Gasteiger partial charge in [-0.25, -0.2) is 0 Å². The van der Waals surface area contributed by atoms with Gasteiger partial charge in [-0.05, 0) is 31.6 Å². The fourth-order valence-corrected chi connectivity index (χ4v) is 2.63. The summed E-state index contributed by atoms with van der Waals surface area (Å²) >= 11 is 0. The van der Waals surface area contributed by atoms with Crippen molar-refractivity contribution in [2.75, 3.05) is 33.9 Å². The molecule has 1 heterocycles. The van der Waals surface area contributed by atoms with Crippen molar-refractivity contribution in [2.24, 2.45) is 0 Å². The summed E-state index contributed by atoms with van der Waals surface area (Å²) in [5, 5.41) is 3.56. The van der Waals surface area contributed by atoms with E-state index in [1.807, 2.05) is 0 Å². The number of rotatable bonds is 4. The lowest BCUT2D eigenvalue weighted by molar-refractivity contribution is 0.0459. The Bertz CT molecular complexity index is 355. The molecule has 1 aromatic carbocycles. The average molecular weight is 248 g/mol. The molecule has 0 aromatic heterocycles. The van der Waals surface area contributed by atoms with Gasteiger partial charge in [0, 0.05) is 6.54 Å². The average Bonchev–Trinajstić information content (AvgIpc) is 2.40. The summed E-state index contributed by atoms with van der Waals surface area (Å²) in [6.07, 6.45) is 1.09. The Morgan fingerprint density at radius 1 is 1.33 bits per heavy atom. The van der Waals surface area contributed by atoms with Crippen LogP contribution in [0.1, 0.15) is 24.1 Å². The van der Waals surface area contributed by atoms with Crippen LogP contribution in [0.4, 0.5) is 0 Å². The predicted octanol–water partition coefficient (Wildman–Crippen LogP) is 1.84. The first-order valence-electron chi connectivity index (χ1n) is 6.78. The summed E-state index contributed by atoms with van der Waals surface area (Å²) in [6, 6.07) is 9.71. The molecule has 1 aliphatic heterocycles. The number of likely N-dealkylation sites (N-methyl/N-ethyl adjacent to an activating group) is 1. The van der Waals surface area contributed by atoms with Crippen molar-refractivity contribution in [3.05, 3.63) is 35.4 Å². The molecule has 0 saturated carbocycles. The molecule has 2 rings (SSSR count). The van der Waals surface area contributed by atoms with Crippen LogP contribution in [0.3, 0.4) is 0 Å². The second kappa shape index (κ2) is 6.32. The minimum Gasteiger partial charge on any atom is -0.378 e. The van der Waals surface area contributed by atoms with E-state index in [1.54, 1.807) is 0 Å². The largest absolute Gasteiger partial charge is 0.378 e. The maximum Gasteiger partial charge on any atom is 0.0639 e. The molecular formula is C15H24N2O. The van der Waals surface area contributed by atoms with Crippen LogP contribution in [0.25, 0.3) is 0 Å². The zero-order chi connectivity index (χ0) is 13.0. The minimum absolute atomic E-state index is 0.371. The molecule has 100 valence electrons. The molecule has 1 saturated heterocycles. The molecule has 1 aromatic rings. The van der Waals surface area contributed by atoms with Crippen LogP contribution >= 0.6 is 0 Å². The van der Waals surface area contributed by atoms with Gasteiger partial charge in [-0.3, -0.25) is 0 Å². The number of hydrogen-bond donors (Lipinski definition) is 1. The Morgan fingerprint density at radius 3 is 2.56 bits per heavy atom. The van der Waals surface area contributed by atoms with E-state index in [1.165, 1.54) is 11.1 Å². The lowest BCUT2D eigenvalue weighted by Gasteiger charge is -2.35. The Hall–Kier alpha value is -0.900. The molecule has 2 unspecified atom stereocenters. The van der Waals surface area contributed by atoms with Gasteiger partial charge in [-0.1, -0.05) is 31.2 Å². The molecule has 2 atom stereocenters. The fraction of sp³-hybridized carbons (Fsp3) is 0.600. The van der Waals surface area contributed by atoms with Crippen molar-refractivity contribution >= 4 is 0 Å². The summed E-state index contributed by atoms with van der Waals surface area (Å²) in [5.74, 6) is 0. The van der Waals surface area contributed by atoms with Gasteiger partial charge >= 0.3 is 0 Å². The van der Waals surface area contributed by atoms with Gasteiger partial charge in [0.2, 0.25) is 0 Å². The predicted molar refractivity (Wildman–Crippen MR) is 74.9 cm³/mol. The van der Waals surface area contributed by atoms with Crippen molar-refractivity contribution in [3.63, 3.8) is 0 Å². The van der Waals surface area contributed by atoms with Crippen molar-refractivity contribution in [1.29, 1.82) is 0 Å². The number of morpholine rings is 1. The minimum atomic E-state index is 0.371. The number of ether oxygens (including phenoxy) is 1. The zero-order valence-electron chi connectivity index (χ0n) is 11.6. The molecule has 1 N–H and O–H groups in total. The van der Waals surface area contributed by atoms with Gasteiger partial charge in [0.25, 0.3) is 0 Å². The Morgan fingerprint density at radius 2 is 2.06 bits per heavy atom. The molecule has 0 spiro atoms. The fourth-order valence-electron chi connectivity index (χ4n) is 2.63. The number of aryl methyl sites for hydroxylation is 1. The Balaban J connectivity index is 2.17. The first-order valence-corrected chi connectivity index (χ1v) is 6.78. The normalized spacial score (nSPS) is 22.1. The summed E-state index contributed by atoms with van der Waals surface area (Å²) < 4.78 is 5.59. The molecule has 0 amide bonds. The van der Waals surface area contributed by atoms with Crippen LogP contribution in [0.2, 0.25) is 0 Å². The van der Waals surface area contributed by atoms with Gasteiger partial charge in [0.15, 0.2) is 0 Å². The SMILES string of the molecule is CCc1ccc(C(C2COCCN2)N(C)C)cc1. The number of hydrogen-bond acceptors (Lipinski definition) is 3. The van der Waals surface area contributed by atoms with Crippen LogP contribution < -0.4 is 5.32 Å². The molecule has 1 aliphatic rings. The summed E-state index contributed by atoms with van der Waals surface area (Å²) in [7, 11) is 4.27. The van der Waals surface area contributed by atoms with E-state index in [-0.39, 0.29) is 0 Å². The highest BCUT2D eigenvalue weighted by molar-refractivity contribution is 5.26. The molecule has 0 bridgehead atoms. The zero-order valence-corrected chi connectivity index (χ0v) is 11.6. The van der Waals surface area contributed by atoms with Gasteiger partial charge in [0.1, 0.15) is 0 Å². The summed E-state index contributed by atoms with van der Waals surface area (Å²) in [5.41, 5.74) is 2.75. The highest BCUT2D eigenvalue weighted by Crippen LogP contribution is 2.24. The lowest BCUT2D eigenvalue weighted by atomic mass is 9.96. The second-order valence-electron chi connectivity index (χ2n) is 5.14. The molecule has 3 nitrogen and oxygen atoms in total. The first-order chi connectivity index (χ1) is 8.72. The van der Waals surface area contributed by atoms with Crippen LogP contribution in [0.5, 0.6) is 0 Å². The van der Waals surface area contributed by atoms with Crippen molar-refractivity contribution < 1.29 is 4.74 Å². The smallest absolute Gasteiger partial charge is 0.0639 e. The topological polar surface area (TPSA) is 24.5 Å². The van der Waals surface area contributed by atoms with Crippen LogP contribution in [-0.4, -0.2) is 44.8 Å². The molecular weight excluding hydrogens is 224 g/mol. The van der Waals surface area contributed by atoms with Crippen molar-refractivity contribution in [1.82, 2.24) is 10.2 Å². The third kappa shape index (κ3) is 3.10. The standard InChI is InChI=1S/C15H24N2O/c1-4-12-5-7-13(8-6-12)15(17(2)3)14-11-18-10-9-16-14/h5-8,14-16H,4,9-11H2,1-3H3. The third-order valence-corrected chi connectivity index (χ3v) is 3.62. The number of benzene rings is 1. The van der Waals surface area contributed by atoms with Gasteiger partial charge in [-0.2, -0.15) is 0 Å². The summed E-state index contributed by atoms with van der Waals surface area (Å²) in [4.78, 5) is 2.27.